The lowest BCUT2D eigenvalue weighted by atomic mass is 9.95. The first kappa shape index (κ1) is 16.5. The Kier molecular flexibility index (Phi) is 4.34. The number of aromatic nitrogens is 4. The Morgan fingerprint density at radius 2 is 2.21 bits per heavy atom. The van der Waals surface area contributed by atoms with Crippen LogP contribution in [-0.2, 0) is 4.74 Å². The summed E-state index contributed by atoms with van der Waals surface area (Å²) >= 11 is 0. The van der Waals surface area contributed by atoms with Gasteiger partial charge >= 0.3 is 6.09 Å². The van der Waals surface area contributed by atoms with Gasteiger partial charge in [-0.1, -0.05) is 0 Å². The Bertz CT molecular complexity index is 713. The van der Waals surface area contributed by atoms with E-state index >= 15 is 0 Å². The number of hydrogen-bond acceptors (Lipinski definition) is 4. The maximum Gasteiger partial charge on any atom is 0.410 e. The molecule has 0 aromatic carbocycles. The van der Waals surface area contributed by atoms with Crippen molar-refractivity contribution >= 4 is 6.09 Å². The summed E-state index contributed by atoms with van der Waals surface area (Å²) in [7, 11) is 0. The van der Waals surface area contributed by atoms with Gasteiger partial charge in [-0.05, 0) is 46.6 Å². The molecule has 7 nitrogen and oxygen atoms in total. The van der Waals surface area contributed by atoms with Gasteiger partial charge in [-0.25, -0.2) is 9.78 Å². The van der Waals surface area contributed by atoms with Gasteiger partial charge in [0.05, 0.1) is 0 Å². The molecule has 3 heterocycles. The van der Waals surface area contributed by atoms with Crippen LogP contribution in [0.4, 0.5) is 4.79 Å². The molecule has 2 aromatic heterocycles. The van der Waals surface area contributed by atoms with Crippen molar-refractivity contribution in [2.75, 3.05) is 13.1 Å². The molecule has 1 aliphatic rings. The lowest BCUT2D eigenvalue weighted by Crippen LogP contribution is -2.42. The number of piperidine rings is 1. The van der Waals surface area contributed by atoms with E-state index in [1.54, 1.807) is 11.1 Å². The summed E-state index contributed by atoms with van der Waals surface area (Å²) in [5, 5.41) is 7.45. The molecule has 1 aliphatic heterocycles. The van der Waals surface area contributed by atoms with Gasteiger partial charge < -0.3 is 14.6 Å². The zero-order valence-electron chi connectivity index (χ0n) is 14.7. The Hall–Kier alpha value is -2.31. The predicted molar refractivity (Wildman–Crippen MR) is 90.7 cm³/mol. The molecule has 2 N–H and O–H groups in total. The molecule has 24 heavy (non-hydrogen) atoms. The molecular weight excluding hydrogens is 306 g/mol. The second-order valence-corrected chi connectivity index (χ2v) is 7.39. The molecule has 130 valence electrons. The summed E-state index contributed by atoms with van der Waals surface area (Å²) < 4.78 is 5.48. The molecular formula is C17H25N5O2. The second-order valence-electron chi connectivity index (χ2n) is 7.39. The zero-order valence-corrected chi connectivity index (χ0v) is 14.7. The van der Waals surface area contributed by atoms with E-state index in [1.165, 1.54) is 0 Å². The van der Waals surface area contributed by atoms with E-state index in [-0.39, 0.29) is 12.0 Å². The van der Waals surface area contributed by atoms with Crippen molar-refractivity contribution in [3.63, 3.8) is 0 Å². The van der Waals surface area contributed by atoms with Crippen LogP contribution >= 0.6 is 0 Å². The number of rotatable bonds is 2. The van der Waals surface area contributed by atoms with Crippen molar-refractivity contribution in [1.29, 1.82) is 0 Å². The number of carbonyl (C=O) groups is 1. The number of amides is 1. The summed E-state index contributed by atoms with van der Waals surface area (Å²) in [5.74, 6) is 0.999. The molecule has 0 aliphatic carbocycles. The van der Waals surface area contributed by atoms with Gasteiger partial charge in [-0.15, -0.1) is 0 Å². The topological polar surface area (TPSA) is 86.9 Å². The summed E-state index contributed by atoms with van der Waals surface area (Å²) in [6.07, 6.45) is 3.53. The van der Waals surface area contributed by atoms with Crippen LogP contribution in [0.3, 0.4) is 0 Å². The van der Waals surface area contributed by atoms with E-state index < -0.39 is 5.60 Å². The molecule has 0 bridgehead atoms. The van der Waals surface area contributed by atoms with Crippen LogP contribution in [0.15, 0.2) is 12.3 Å². The van der Waals surface area contributed by atoms with Crippen LogP contribution in [0, 0.1) is 6.92 Å². The maximum atomic E-state index is 12.3. The summed E-state index contributed by atoms with van der Waals surface area (Å²) in [6.45, 7) is 9.01. The Morgan fingerprint density at radius 1 is 1.42 bits per heavy atom. The number of likely N-dealkylation sites (tertiary alicyclic amines) is 1. The fourth-order valence-electron chi connectivity index (χ4n) is 2.93. The minimum Gasteiger partial charge on any atom is -0.444 e. The van der Waals surface area contributed by atoms with Crippen molar-refractivity contribution in [2.45, 2.75) is 52.1 Å². The first-order valence-corrected chi connectivity index (χ1v) is 8.37. The van der Waals surface area contributed by atoms with E-state index in [4.69, 9.17) is 4.74 Å². The van der Waals surface area contributed by atoms with E-state index in [1.807, 2.05) is 33.8 Å². The number of nitrogens with zero attached hydrogens (tertiary/aromatic N) is 3. The number of aromatic amines is 2. The van der Waals surface area contributed by atoms with Gasteiger partial charge in [0, 0.05) is 36.6 Å². The molecule has 3 rings (SSSR count). The SMILES string of the molecule is Cc1cnc(-c2cc([C@H]3CCCN(C(=O)OC(C)(C)C)C3)[nH]n2)[nH]1. The lowest BCUT2D eigenvalue weighted by molar-refractivity contribution is 0.0197. The van der Waals surface area contributed by atoms with Gasteiger partial charge in [0.15, 0.2) is 5.82 Å². The van der Waals surface area contributed by atoms with Gasteiger partial charge in [-0.3, -0.25) is 5.10 Å². The third-order valence-electron chi connectivity index (χ3n) is 4.06. The molecule has 0 spiro atoms. The fourth-order valence-corrected chi connectivity index (χ4v) is 2.93. The molecule has 1 saturated heterocycles. The molecule has 0 unspecified atom stereocenters. The quantitative estimate of drug-likeness (QED) is 0.884. The minimum absolute atomic E-state index is 0.239. The molecule has 0 radical (unpaired) electrons. The highest BCUT2D eigenvalue weighted by Gasteiger charge is 2.29. The van der Waals surface area contributed by atoms with E-state index in [0.29, 0.717) is 6.54 Å². The smallest absolute Gasteiger partial charge is 0.410 e. The Morgan fingerprint density at radius 3 is 2.88 bits per heavy atom. The Labute approximate surface area is 141 Å². The van der Waals surface area contributed by atoms with Gasteiger partial charge in [0.1, 0.15) is 11.3 Å². The largest absolute Gasteiger partial charge is 0.444 e. The van der Waals surface area contributed by atoms with Crippen molar-refractivity contribution in [1.82, 2.24) is 25.1 Å². The first-order chi connectivity index (χ1) is 11.3. The number of ether oxygens (including phenoxy) is 1. The van der Waals surface area contributed by atoms with Crippen molar-refractivity contribution < 1.29 is 9.53 Å². The van der Waals surface area contributed by atoms with Crippen molar-refractivity contribution in [3.8, 4) is 11.5 Å². The van der Waals surface area contributed by atoms with Gasteiger partial charge in [0.2, 0.25) is 0 Å². The predicted octanol–water partition coefficient (Wildman–Crippen LogP) is 3.22. The molecule has 2 aromatic rings. The van der Waals surface area contributed by atoms with Crippen LogP contribution in [0.1, 0.15) is 50.9 Å². The van der Waals surface area contributed by atoms with Crippen molar-refractivity contribution in [3.05, 3.63) is 23.7 Å². The highest BCUT2D eigenvalue weighted by Crippen LogP contribution is 2.28. The van der Waals surface area contributed by atoms with Gasteiger partial charge in [-0.2, -0.15) is 5.10 Å². The van der Waals surface area contributed by atoms with Crippen LogP contribution in [0.25, 0.3) is 11.5 Å². The number of imidazole rings is 1. The fraction of sp³-hybridized carbons (Fsp3) is 0.588. The Balaban J connectivity index is 1.69. The van der Waals surface area contributed by atoms with E-state index in [9.17, 15) is 4.79 Å². The number of nitrogens with one attached hydrogen (secondary N) is 2. The molecule has 7 heteroatoms. The second kappa shape index (κ2) is 6.30. The number of carbonyl (C=O) groups excluding carboxylic acids is 1. The van der Waals surface area contributed by atoms with Gasteiger partial charge in [0.25, 0.3) is 0 Å². The van der Waals surface area contributed by atoms with Crippen molar-refractivity contribution in [2.24, 2.45) is 0 Å². The molecule has 1 fully saturated rings. The molecule has 1 amide bonds. The highest BCUT2D eigenvalue weighted by atomic mass is 16.6. The standard InChI is InChI=1S/C17H25N5O2/c1-11-9-18-15(19-11)14-8-13(20-21-14)12-6-5-7-22(10-12)16(23)24-17(2,3)4/h8-9,12H,5-7,10H2,1-4H3,(H,18,19)(H,20,21)/t12-/m0/s1. The monoisotopic (exact) mass is 331 g/mol. The molecule has 0 saturated carbocycles. The first-order valence-electron chi connectivity index (χ1n) is 8.37. The average molecular weight is 331 g/mol. The minimum atomic E-state index is -0.470. The van der Waals surface area contributed by atoms with Crippen LogP contribution in [0.2, 0.25) is 0 Å². The van der Waals surface area contributed by atoms with E-state index in [0.717, 1.165) is 42.3 Å². The third-order valence-corrected chi connectivity index (χ3v) is 4.06. The summed E-state index contributed by atoms with van der Waals surface area (Å²) in [4.78, 5) is 21.6. The number of aryl methyl sites for hydroxylation is 1. The zero-order chi connectivity index (χ0) is 17.3. The van der Waals surface area contributed by atoms with Crippen LogP contribution < -0.4 is 0 Å². The van der Waals surface area contributed by atoms with Crippen LogP contribution in [-0.4, -0.2) is 49.8 Å². The van der Waals surface area contributed by atoms with E-state index in [2.05, 4.69) is 20.2 Å². The third kappa shape index (κ3) is 3.77. The number of H-pyrrole nitrogens is 2. The highest BCUT2D eigenvalue weighted by molar-refractivity contribution is 5.68. The molecule has 1 atom stereocenters. The summed E-state index contributed by atoms with van der Waals surface area (Å²) in [6, 6.07) is 2.02. The van der Waals surface area contributed by atoms with Crippen LogP contribution in [0.5, 0.6) is 0 Å². The normalized spacial score (nSPS) is 18.7. The number of hydrogen-bond donors (Lipinski definition) is 2. The summed E-state index contributed by atoms with van der Waals surface area (Å²) in [5.41, 5.74) is 2.37. The average Bonchev–Trinajstić information content (AvgIpc) is 3.14. The maximum absolute atomic E-state index is 12.3. The lowest BCUT2D eigenvalue weighted by Gasteiger charge is -2.33.